The molecule has 2 aliphatic heterocycles. The van der Waals surface area contributed by atoms with Crippen molar-refractivity contribution >= 4 is 24.0 Å². The quantitative estimate of drug-likeness (QED) is 0.259. The third-order valence-electron chi connectivity index (χ3n) is 12.5. The SMILES string of the molecule is CN(CC1CCC(C(=O)N2CCC(c3ccncn3)CC2)CC1)C(=O)OC(C)(C)C.CN(CC1CCC(C(=O)N2CCC(c3ncccn3)CC2)CC1)C(=O)OC(C)(C)C. The van der Waals surface area contributed by atoms with E-state index in [4.69, 9.17) is 9.47 Å². The fraction of sp³-hybridized carbons (Fsp3) is 0.739. The van der Waals surface area contributed by atoms with Crippen LogP contribution in [0.15, 0.2) is 37.1 Å². The Morgan fingerprint density at radius 2 is 1.02 bits per heavy atom. The molecule has 0 atom stereocenters. The lowest BCUT2D eigenvalue weighted by Crippen LogP contribution is -2.43. The number of hydrogen-bond acceptors (Lipinski definition) is 10. The molecule has 0 radical (unpaired) electrons. The van der Waals surface area contributed by atoms with Gasteiger partial charge in [0.05, 0.1) is 0 Å². The first-order valence-corrected chi connectivity index (χ1v) is 22.4. The van der Waals surface area contributed by atoms with Crippen LogP contribution in [0.4, 0.5) is 9.59 Å². The summed E-state index contributed by atoms with van der Waals surface area (Å²) in [6.45, 7) is 15.9. The van der Waals surface area contributed by atoms with Crippen LogP contribution in [0.25, 0.3) is 0 Å². The van der Waals surface area contributed by atoms with Gasteiger partial charge in [-0.25, -0.2) is 29.5 Å². The van der Waals surface area contributed by atoms with Crippen molar-refractivity contribution in [2.24, 2.45) is 23.7 Å². The Morgan fingerprint density at radius 1 is 0.600 bits per heavy atom. The van der Waals surface area contributed by atoms with Gasteiger partial charge in [0.15, 0.2) is 0 Å². The van der Waals surface area contributed by atoms with Gasteiger partial charge in [-0.05, 0) is 143 Å². The number of piperidine rings is 2. The van der Waals surface area contributed by atoms with E-state index in [0.29, 0.717) is 48.6 Å². The highest BCUT2D eigenvalue weighted by Gasteiger charge is 2.35. The maximum atomic E-state index is 13.0. The van der Waals surface area contributed by atoms with Crippen LogP contribution in [0, 0.1) is 23.7 Å². The number of amides is 4. The second-order valence-electron chi connectivity index (χ2n) is 19.6. The topological polar surface area (TPSA) is 151 Å². The molecular formula is C46H72N8O6. The van der Waals surface area contributed by atoms with Crippen molar-refractivity contribution in [3.8, 4) is 0 Å². The minimum Gasteiger partial charge on any atom is -0.444 e. The van der Waals surface area contributed by atoms with Crippen molar-refractivity contribution in [1.29, 1.82) is 0 Å². The van der Waals surface area contributed by atoms with Crippen molar-refractivity contribution < 1.29 is 28.7 Å². The van der Waals surface area contributed by atoms with E-state index in [1.54, 1.807) is 48.8 Å². The maximum absolute atomic E-state index is 13.0. The molecule has 0 unspecified atom stereocenters. The van der Waals surface area contributed by atoms with Gasteiger partial charge in [-0.3, -0.25) is 9.59 Å². The van der Waals surface area contributed by atoms with Gasteiger partial charge in [0.1, 0.15) is 23.4 Å². The number of carbonyl (C=O) groups excluding carboxylic acids is 4. The first-order chi connectivity index (χ1) is 28.5. The van der Waals surface area contributed by atoms with Crippen LogP contribution in [0.2, 0.25) is 0 Å². The largest absolute Gasteiger partial charge is 0.444 e. The molecule has 0 aromatic carbocycles. The van der Waals surface area contributed by atoms with Gasteiger partial charge in [-0.15, -0.1) is 0 Å². The lowest BCUT2D eigenvalue weighted by molar-refractivity contribution is -0.138. The van der Waals surface area contributed by atoms with E-state index < -0.39 is 11.2 Å². The van der Waals surface area contributed by atoms with E-state index in [9.17, 15) is 19.2 Å². The molecule has 4 amide bonds. The summed E-state index contributed by atoms with van der Waals surface area (Å²) in [6, 6.07) is 3.82. The van der Waals surface area contributed by atoms with Gasteiger partial charge >= 0.3 is 12.2 Å². The molecule has 4 heterocycles. The van der Waals surface area contributed by atoms with E-state index in [1.807, 2.05) is 58.6 Å². The number of hydrogen-bond donors (Lipinski definition) is 0. The van der Waals surface area contributed by atoms with Crippen molar-refractivity contribution in [3.63, 3.8) is 0 Å². The fourth-order valence-electron chi connectivity index (χ4n) is 9.12. The van der Waals surface area contributed by atoms with E-state index in [0.717, 1.165) is 115 Å². The number of ether oxygens (including phenoxy) is 2. The van der Waals surface area contributed by atoms with Crippen LogP contribution < -0.4 is 0 Å². The smallest absolute Gasteiger partial charge is 0.410 e. The molecule has 332 valence electrons. The third-order valence-corrected chi connectivity index (χ3v) is 12.5. The lowest BCUT2D eigenvalue weighted by Gasteiger charge is -2.37. The Kier molecular flexibility index (Phi) is 16.7. The minimum atomic E-state index is -0.477. The molecule has 2 saturated carbocycles. The number of carbonyl (C=O) groups is 4. The Morgan fingerprint density at radius 3 is 1.40 bits per heavy atom. The molecule has 0 N–H and O–H groups in total. The molecule has 0 spiro atoms. The zero-order valence-electron chi connectivity index (χ0n) is 37.7. The molecular weight excluding hydrogens is 761 g/mol. The highest BCUT2D eigenvalue weighted by Crippen LogP contribution is 2.35. The van der Waals surface area contributed by atoms with Crippen LogP contribution in [-0.4, -0.2) is 128 Å². The van der Waals surface area contributed by atoms with Gasteiger partial charge in [0.2, 0.25) is 11.8 Å². The summed E-state index contributed by atoms with van der Waals surface area (Å²) >= 11 is 0. The van der Waals surface area contributed by atoms with Crippen molar-refractivity contribution in [2.75, 3.05) is 53.4 Å². The maximum Gasteiger partial charge on any atom is 0.410 e. The van der Waals surface area contributed by atoms with E-state index in [2.05, 4.69) is 24.8 Å². The standard InChI is InChI=1S/2C23H36N4O3/c1-23(2,3)30-22(29)26(4)16-17-6-8-19(9-7-17)21(28)27-14-10-18(11-15-27)20-24-12-5-13-25-20;1-23(2,3)30-22(29)26(4)15-17-5-7-19(8-6-17)21(28)27-13-10-18(11-14-27)20-9-12-24-16-25-20/h5,12-13,17-19H,6-11,14-16H2,1-4H3;9,12,16-19H,5-8,10-11,13-15H2,1-4H3. The molecule has 2 aliphatic carbocycles. The molecule has 4 aliphatic rings. The predicted octanol–water partition coefficient (Wildman–Crippen LogP) is 7.71. The van der Waals surface area contributed by atoms with Crippen LogP contribution in [0.1, 0.15) is 142 Å². The molecule has 0 bridgehead atoms. The summed E-state index contributed by atoms with van der Waals surface area (Å²) in [5, 5.41) is 0. The van der Waals surface area contributed by atoms with E-state index in [1.165, 1.54) is 0 Å². The first-order valence-electron chi connectivity index (χ1n) is 22.4. The van der Waals surface area contributed by atoms with Gasteiger partial charge in [0, 0.05) is 101 Å². The van der Waals surface area contributed by atoms with Gasteiger partial charge in [-0.2, -0.15) is 0 Å². The molecule has 14 nitrogen and oxygen atoms in total. The summed E-state index contributed by atoms with van der Waals surface area (Å²) in [4.78, 5) is 74.9. The second-order valence-corrected chi connectivity index (χ2v) is 19.6. The molecule has 2 aromatic heterocycles. The predicted molar refractivity (Wildman–Crippen MR) is 230 cm³/mol. The normalized spacial score (nSPS) is 23.1. The van der Waals surface area contributed by atoms with Crippen molar-refractivity contribution in [1.82, 2.24) is 39.5 Å². The second kappa shape index (κ2) is 21.4. The number of nitrogens with zero attached hydrogens (tertiary/aromatic N) is 8. The van der Waals surface area contributed by atoms with E-state index in [-0.39, 0.29) is 24.0 Å². The highest BCUT2D eigenvalue weighted by atomic mass is 16.6. The molecule has 14 heteroatoms. The summed E-state index contributed by atoms with van der Waals surface area (Å²) in [5.41, 5.74) is 0.137. The lowest BCUT2D eigenvalue weighted by atomic mass is 9.80. The molecule has 60 heavy (non-hydrogen) atoms. The number of rotatable bonds is 8. The zero-order chi connectivity index (χ0) is 43.5. The Labute approximate surface area is 358 Å². The van der Waals surface area contributed by atoms with Gasteiger partial charge in [0.25, 0.3) is 0 Å². The summed E-state index contributed by atoms with van der Waals surface area (Å²) in [6.07, 6.45) is 17.8. The minimum absolute atomic E-state index is 0.123. The van der Waals surface area contributed by atoms with E-state index >= 15 is 0 Å². The molecule has 6 rings (SSSR count). The summed E-state index contributed by atoms with van der Waals surface area (Å²) in [5.74, 6) is 3.44. The molecule has 2 aromatic rings. The number of likely N-dealkylation sites (tertiary alicyclic amines) is 2. The monoisotopic (exact) mass is 833 g/mol. The summed E-state index contributed by atoms with van der Waals surface area (Å²) < 4.78 is 10.9. The fourth-order valence-corrected chi connectivity index (χ4v) is 9.12. The molecule has 4 fully saturated rings. The van der Waals surface area contributed by atoms with Crippen LogP contribution in [0.3, 0.4) is 0 Å². The van der Waals surface area contributed by atoms with Gasteiger partial charge in [-0.1, -0.05) is 0 Å². The Hall–Kier alpha value is -4.36. The summed E-state index contributed by atoms with van der Waals surface area (Å²) in [7, 11) is 3.60. The Balaban J connectivity index is 0.000000228. The van der Waals surface area contributed by atoms with Crippen LogP contribution in [0.5, 0.6) is 0 Å². The Bertz CT molecular complexity index is 1530. The van der Waals surface area contributed by atoms with Crippen molar-refractivity contribution in [2.45, 2.75) is 142 Å². The van der Waals surface area contributed by atoms with Crippen LogP contribution in [-0.2, 0) is 19.1 Å². The van der Waals surface area contributed by atoms with Crippen LogP contribution >= 0.6 is 0 Å². The highest BCUT2D eigenvalue weighted by molar-refractivity contribution is 5.79. The van der Waals surface area contributed by atoms with Crippen molar-refractivity contribution in [3.05, 3.63) is 48.6 Å². The number of aromatic nitrogens is 4. The average Bonchev–Trinajstić information content (AvgIpc) is 3.23. The third kappa shape index (κ3) is 14.4. The average molecular weight is 833 g/mol. The van der Waals surface area contributed by atoms with Gasteiger partial charge < -0.3 is 29.1 Å². The zero-order valence-corrected chi connectivity index (χ0v) is 37.7. The first kappa shape index (κ1) is 46.7. The molecule has 2 saturated heterocycles.